The normalized spacial score (nSPS) is 12.0. The number of rotatable bonds is 10. The van der Waals surface area contributed by atoms with Crippen LogP contribution in [-0.2, 0) is 13.1 Å². The summed E-state index contributed by atoms with van der Waals surface area (Å²) in [5.41, 5.74) is 5.36. The molecule has 5 aromatic rings. The van der Waals surface area contributed by atoms with Crippen LogP contribution < -0.4 is 19.7 Å². The smallest absolute Gasteiger partial charge is 0.253 e. The Morgan fingerprint density at radius 1 is 0.977 bits per heavy atom. The second-order valence-electron chi connectivity index (χ2n) is 10.6. The molecule has 11 heteroatoms. The number of carbonyl (C=O) groups is 1. The molecule has 6 rings (SSSR count). The van der Waals surface area contributed by atoms with Gasteiger partial charge in [0.25, 0.3) is 5.91 Å². The van der Waals surface area contributed by atoms with Crippen LogP contribution in [0.15, 0.2) is 73.1 Å². The van der Waals surface area contributed by atoms with Crippen molar-refractivity contribution in [2.75, 3.05) is 44.2 Å². The lowest BCUT2D eigenvalue weighted by Gasteiger charge is -2.23. The first-order valence-electron chi connectivity index (χ1n) is 14.0. The first-order chi connectivity index (χ1) is 20.8. The summed E-state index contributed by atoms with van der Waals surface area (Å²) in [6.07, 6.45) is 1.80. The average molecular weight is 598 g/mol. The van der Waals surface area contributed by atoms with E-state index in [0.717, 1.165) is 28.3 Å². The molecule has 10 nitrogen and oxygen atoms in total. The van der Waals surface area contributed by atoms with Crippen LogP contribution in [0.2, 0.25) is 5.02 Å². The predicted molar refractivity (Wildman–Crippen MR) is 167 cm³/mol. The number of aryl methyl sites for hydroxylation is 1. The Kier molecular flexibility index (Phi) is 8.02. The monoisotopic (exact) mass is 597 g/mol. The Labute approximate surface area is 254 Å². The summed E-state index contributed by atoms with van der Waals surface area (Å²) in [7, 11) is 3.70. The lowest BCUT2D eigenvalue weighted by Crippen LogP contribution is -2.35. The standard InChI is InChI=1S/C32H32ClN7O3/c1-21-5-4-6-23(15-21)18-40-19-35-28-29(34-17-22-7-12-26-27(16-22)43-20-42-26)36-32(37-30(28)40)39(3)14-13-38(2)31(41)24-8-10-25(33)11-9-24/h4-12,15-16,19H,13-14,17-18,20H2,1-3H3,(H,34,36,37). The molecule has 1 N–H and O–H groups in total. The minimum atomic E-state index is -0.0799. The molecular formula is C32H32ClN7O3. The van der Waals surface area contributed by atoms with Crippen molar-refractivity contribution in [3.05, 3.63) is 100 Å². The van der Waals surface area contributed by atoms with E-state index in [1.807, 2.05) is 34.7 Å². The van der Waals surface area contributed by atoms with E-state index < -0.39 is 0 Å². The molecule has 0 spiro atoms. The number of nitrogens with zero attached hydrogens (tertiary/aromatic N) is 6. The molecule has 220 valence electrons. The van der Waals surface area contributed by atoms with Gasteiger partial charge in [-0.3, -0.25) is 4.79 Å². The maximum Gasteiger partial charge on any atom is 0.253 e. The zero-order chi connectivity index (χ0) is 29.9. The van der Waals surface area contributed by atoms with Crippen molar-refractivity contribution in [3.63, 3.8) is 0 Å². The number of nitrogens with one attached hydrogen (secondary N) is 1. The molecule has 0 atom stereocenters. The highest BCUT2D eigenvalue weighted by molar-refractivity contribution is 6.30. The van der Waals surface area contributed by atoms with E-state index in [2.05, 4.69) is 36.5 Å². The molecule has 0 bridgehead atoms. The van der Waals surface area contributed by atoms with E-state index in [4.69, 9.17) is 36.0 Å². The van der Waals surface area contributed by atoms with Gasteiger partial charge in [0.2, 0.25) is 12.7 Å². The third-order valence-corrected chi connectivity index (χ3v) is 7.59. The average Bonchev–Trinajstić information content (AvgIpc) is 3.65. The van der Waals surface area contributed by atoms with Crippen molar-refractivity contribution in [2.24, 2.45) is 0 Å². The van der Waals surface area contributed by atoms with Gasteiger partial charge in [-0.25, -0.2) is 4.98 Å². The Bertz CT molecular complexity index is 1770. The summed E-state index contributed by atoms with van der Waals surface area (Å²) in [5, 5.41) is 4.05. The van der Waals surface area contributed by atoms with Crippen molar-refractivity contribution in [2.45, 2.75) is 20.0 Å². The first-order valence-corrected chi connectivity index (χ1v) is 14.3. The minimum Gasteiger partial charge on any atom is -0.454 e. The van der Waals surface area contributed by atoms with Gasteiger partial charge in [0.05, 0.1) is 12.9 Å². The lowest BCUT2D eigenvalue weighted by atomic mass is 10.1. The number of hydrogen-bond donors (Lipinski definition) is 1. The van der Waals surface area contributed by atoms with Crippen molar-refractivity contribution in [1.29, 1.82) is 0 Å². The van der Waals surface area contributed by atoms with Gasteiger partial charge in [-0.1, -0.05) is 47.5 Å². The van der Waals surface area contributed by atoms with E-state index in [9.17, 15) is 4.79 Å². The molecule has 1 aliphatic heterocycles. The van der Waals surface area contributed by atoms with Crippen LogP contribution in [0.4, 0.5) is 11.8 Å². The van der Waals surface area contributed by atoms with Crippen molar-refractivity contribution >= 4 is 40.4 Å². The number of ether oxygens (including phenoxy) is 2. The van der Waals surface area contributed by atoms with E-state index in [0.29, 0.717) is 54.0 Å². The van der Waals surface area contributed by atoms with Crippen LogP contribution in [-0.4, -0.2) is 64.3 Å². The van der Waals surface area contributed by atoms with Crippen molar-refractivity contribution in [1.82, 2.24) is 24.4 Å². The van der Waals surface area contributed by atoms with E-state index >= 15 is 0 Å². The number of carbonyl (C=O) groups excluding carboxylic acids is 1. The zero-order valence-electron chi connectivity index (χ0n) is 24.2. The van der Waals surface area contributed by atoms with Crippen molar-refractivity contribution in [3.8, 4) is 11.5 Å². The van der Waals surface area contributed by atoms with E-state index in [-0.39, 0.29) is 12.7 Å². The molecule has 0 unspecified atom stereocenters. The third-order valence-electron chi connectivity index (χ3n) is 7.33. The maximum absolute atomic E-state index is 12.9. The number of halogens is 1. The number of anilines is 2. The molecule has 3 heterocycles. The van der Waals surface area contributed by atoms with Gasteiger partial charge in [-0.05, 0) is 54.4 Å². The van der Waals surface area contributed by atoms with Gasteiger partial charge in [-0.15, -0.1) is 0 Å². The Morgan fingerprint density at radius 3 is 2.60 bits per heavy atom. The van der Waals surface area contributed by atoms with Gasteiger partial charge >= 0.3 is 0 Å². The van der Waals surface area contributed by atoms with Crippen LogP contribution in [0.1, 0.15) is 27.0 Å². The number of benzene rings is 3. The fourth-order valence-electron chi connectivity index (χ4n) is 4.90. The van der Waals surface area contributed by atoms with Gasteiger partial charge in [0.1, 0.15) is 0 Å². The number of aromatic nitrogens is 4. The van der Waals surface area contributed by atoms with Gasteiger partial charge in [0, 0.05) is 44.3 Å². The molecule has 0 aliphatic carbocycles. The second-order valence-corrected chi connectivity index (χ2v) is 11.0. The third kappa shape index (κ3) is 6.34. The first kappa shape index (κ1) is 28.3. The SMILES string of the molecule is Cc1cccc(Cn2cnc3c(NCc4ccc5c(c4)OCO5)nc(N(C)CCN(C)C(=O)c4ccc(Cl)cc4)nc32)c1. The fourth-order valence-corrected chi connectivity index (χ4v) is 5.03. The Morgan fingerprint density at radius 2 is 1.79 bits per heavy atom. The number of hydrogen-bond acceptors (Lipinski definition) is 8. The number of likely N-dealkylation sites (N-methyl/N-ethyl adjacent to an activating group) is 2. The van der Waals surface area contributed by atoms with Gasteiger partial charge < -0.3 is 29.2 Å². The summed E-state index contributed by atoms with van der Waals surface area (Å²) < 4.78 is 13.0. The molecule has 43 heavy (non-hydrogen) atoms. The second kappa shape index (κ2) is 12.2. The Hall–Kier alpha value is -4.83. The molecule has 1 aliphatic rings. The largest absolute Gasteiger partial charge is 0.454 e. The zero-order valence-corrected chi connectivity index (χ0v) is 25.0. The maximum atomic E-state index is 12.9. The summed E-state index contributed by atoms with van der Waals surface area (Å²) in [5.74, 6) is 2.54. The fraction of sp³-hybridized carbons (Fsp3) is 0.250. The van der Waals surface area contributed by atoms with E-state index in [1.54, 1.807) is 42.5 Å². The van der Waals surface area contributed by atoms with Crippen LogP contribution in [0.3, 0.4) is 0 Å². The molecule has 0 radical (unpaired) electrons. The summed E-state index contributed by atoms with van der Waals surface area (Å²) in [4.78, 5) is 31.0. The molecule has 0 saturated carbocycles. The highest BCUT2D eigenvalue weighted by Crippen LogP contribution is 2.33. The highest BCUT2D eigenvalue weighted by Gasteiger charge is 2.19. The van der Waals surface area contributed by atoms with Crippen LogP contribution in [0.5, 0.6) is 11.5 Å². The number of imidazole rings is 1. The molecule has 0 saturated heterocycles. The molecule has 1 amide bonds. The molecular weight excluding hydrogens is 566 g/mol. The molecule has 0 fully saturated rings. The topological polar surface area (TPSA) is 97.6 Å². The van der Waals surface area contributed by atoms with Crippen LogP contribution in [0, 0.1) is 6.92 Å². The highest BCUT2D eigenvalue weighted by atomic mass is 35.5. The summed E-state index contributed by atoms with van der Waals surface area (Å²) in [6.45, 7) is 4.44. The summed E-state index contributed by atoms with van der Waals surface area (Å²) >= 11 is 5.99. The Balaban J connectivity index is 1.25. The molecule has 3 aromatic carbocycles. The predicted octanol–water partition coefficient (Wildman–Crippen LogP) is 5.39. The van der Waals surface area contributed by atoms with Gasteiger partial charge in [0.15, 0.2) is 28.5 Å². The number of fused-ring (bicyclic) bond motifs is 2. The van der Waals surface area contributed by atoms with E-state index in [1.165, 1.54) is 5.56 Å². The van der Waals surface area contributed by atoms with Crippen LogP contribution in [0.25, 0.3) is 11.2 Å². The van der Waals surface area contributed by atoms with Crippen LogP contribution >= 0.6 is 11.6 Å². The minimum absolute atomic E-state index is 0.0799. The van der Waals surface area contributed by atoms with Crippen molar-refractivity contribution < 1.29 is 14.3 Å². The quantitative estimate of drug-likeness (QED) is 0.229. The van der Waals surface area contributed by atoms with Gasteiger partial charge in [-0.2, -0.15) is 9.97 Å². The molecule has 2 aromatic heterocycles. The lowest BCUT2D eigenvalue weighted by molar-refractivity contribution is 0.0798. The summed E-state index contributed by atoms with van der Waals surface area (Å²) in [6, 6.07) is 21.2. The number of amides is 1.